The molecule has 2 aromatic rings. The zero-order chi connectivity index (χ0) is 20.8. The Morgan fingerprint density at radius 1 is 1.21 bits per heavy atom. The van der Waals surface area contributed by atoms with E-state index in [1.165, 1.54) is 0 Å². The fourth-order valence-corrected chi connectivity index (χ4v) is 3.74. The summed E-state index contributed by atoms with van der Waals surface area (Å²) in [6.45, 7) is 0.384. The van der Waals surface area contributed by atoms with Crippen LogP contribution in [0.5, 0.6) is 0 Å². The van der Waals surface area contributed by atoms with Gasteiger partial charge in [-0.25, -0.2) is 0 Å². The number of amides is 2. The Morgan fingerprint density at radius 3 is 2.69 bits per heavy atom. The molecule has 0 radical (unpaired) electrons. The van der Waals surface area contributed by atoms with Crippen LogP contribution in [0.2, 0.25) is 0 Å². The molecule has 154 valence electrons. The Hall–Kier alpha value is -3.00. The molecule has 0 bridgehead atoms. The highest BCUT2D eigenvalue weighted by atomic mass is 16.4. The summed E-state index contributed by atoms with van der Waals surface area (Å²) in [5.41, 5.74) is 5.79. The first-order valence-electron chi connectivity index (χ1n) is 9.88. The van der Waals surface area contributed by atoms with Crippen molar-refractivity contribution in [3.8, 4) is 0 Å². The van der Waals surface area contributed by atoms with E-state index >= 15 is 0 Å². The maximum Gasteiger partial charge on any atom is 0.308 e. The smallest absolute Gasteiger partial charge is 0.308 e. The number of benzene rings is 1. The predicted octanol–water partition coefficient (Wildman–Crippen LogP) is 1.44. The third kappa shape index (κ3) is 5.08. The molecule has 0 unspecified atom stereocenters. The lowest BCUT2D eigenvalue weighted by Gasteiger charge is -2.23. The van der Waals surface area contributed by atoms with Crippen molar-refractivity contribution in [1.29, 1.82) is 0 Å². The monoisotopic (exact) mass is 398 g/mol. The second-order valence-corrected chi connectivity index (χ2v) is 7.36. The maximum atomic E-state index is 12.8. The maximum absolute atomic E-state index is 12.8. The minimum atomic E-state index is -0.907. The highest BCUT2D eigenvalue weighted by molar-refractivity contribution is 5.98. The van der Waals surface area contributed by atoms with Crippen molar-refractivity contribution >= 4 is 28.6 Å². The van der Waals surface area contributed by atoms with Gasteiger partial charge in [-0.15, -0.1) is 0 Å². The van der Waals surface area contributed by atoms with Crippen LogP contribution in [-0.2, 0) is 9.59 Å². The van der Waals surface area contributed by atoms with Crippen LogP contribution in [0.15, 0.2) is 36.5 Å². The number of carbonyl (C=O) groups excluding carboxylic acids is 2. The molecule has 1 aliphatic rings. The normalized spacial score (nSPS) is 19.6. The molecule has 2 amide bonds. The standard InChI is InChI=1S/C21H26N4O4/c22-10-4-9-17(19(26)24-16-8-3-7-15(16)21(28)29)25-20(27)18-11-13-5-1-2-6-14(13)12-23-18/h1-2,5-6,11-12,15-17H,3-4,7-10,22H2,(H,24,26)(H,25,27)(H,28,29)/t15-,16+,17+/m1/s1. The number of hydrogen-bond donors (Lipinski definition) is 4. The van der Waals surface area contributed by atoms with Crippen LogP contribution in [0, 0.1) is 5.92 Å². The summed E-state index contributed by atoms with van der Waals surface area (Å²) in [6, 6.07) is 8.03. The summed E-state index contributed by atoms with van der Waals surface area (Å²) < 4.78 is 0. The third-order valence-electron chi connectivity index (χ3n) is 5.34. The van der Waals surface area contributed by atoms with Crippen molar-refractivity contribution in [2.75, 3.05) is 6.54 Å². The number of aromatic nitrogens is 1. The number of nitrogens with one attached hydrogen (secondary N) is 2. The summed E-state index contributed by atoms with van der Waals surface area (Å²) in [6.07, 6.45) is 4.45. The first-order valence-corrected chi connectivity index (χ1v) is 9.88. The van der Waals surface area contributed by atoms with Crippen molar-refractivity contribution in [2.45, 2.75) is 44.2 Å². The van der Waals surface area contributed by atoms with Gasteiger partial charge in [0.15, 0.2) is 0 Å². The molecule has 5 N–H and O–H groups in total. The SMILES string of the molecule is NCCC[C@H](NC(=O)c1cc2ccccc2cn1)C(=O)N[C@H]1CCC[C@H]1C(=O)O. The van der Waals surface area contributed by atoms with Crippen LogP contribution >= 0.6 is 0 Å². The topological polar surface area (TPSA) is 134 Å². The van der Waals surface area contributed by atoms with Gasteiger partial charge in [0.05, 0.1) is 5.92 Å². The summed E-state index contributed by atoms with van der Waals surface area (Å²) in [7, 11) is 0. The van der Waals surface area contributed by atoms with Crippen LogP contribution in [0.25, 0.3) is 10.8 Å². The van der Waals surface area contributed by atoms with Crippen molar-refractivity contribution in [3.63, 3.8) is 0 Å². The number of carboxylic acid groups (broad SMARTS) is 1. The van der Waals surface area contributed by atoms with E-state index in [1.54, 1.807) is 12.3 Å². The molecule has 1 aliphatic carbocycles. The van der Waals surface area contributed by atoms with Gasteiger partial charge in [0, 0.05) is 17.6 Å². The van der Waals surface area contributed by atoms with E-state index < -0.39 is 29.9 Å². The molecule has 0 spiro atoms. The van der Waals surface area contributed by atoms with Gasteiger partial charge >= 0.3 is 5.97 Å². The Bertz CT molecular complexity index is 901. The summed E-state index contributed by atoms with van der Waals surface area (Å²) in [5.74, 6) is -2.33. The van der Waals surface area contributed by atoms with Gasteiger partial charge in [-0.1, -0.05) is 30.7 Å². The average molecular weight is 398 g/mol. The second-order valence-electron chi connectivity index (χ2n) is 7.36. The molecule has 8 heteroatoms. The van der Waals surface area contributed by atoms with Gasteiger partial charge in [0.1, 0.15) is 11.7 Å². The molecule has 29 heavy (non-hydrogen) atoms. The van der Waals surface area contributed by atoms with Gasteiger partial charge < -0.3 is 21.5 Å². The van der Waals surface area contributed by atoms with Gasteiger partial charge in [0.2, 0.25) is 5.91 Å². The first-order chi connectivity index (χ1) is 14.0. The van der Waals surface area contributed by atoms with E-state index in [0.717, 1.165) is 17.2 Å². The molecule has 3 rings (SSSR count). The molecule has 1 fully saturated rings. The predicted molar refractivity (Wildman–Crippen MR) is 108 cm³/mol. The highest BCUT2D eigenvalue weighted by Crippen LogP contribution is 2.26. The molecule has 1 saturated carbocycles. The number of hydrogen-bond acceptors (Lipinski definition) is 5. The summed E-state index contributed by atoms with van der Waals surface area (Å²) >= 11 is 0. The third-order valence-corrected chi connectivity index (χ3v) is 5.34. The molecule has 1 aromatic heterocycles. The molecule has 1 aromatic carbocycles. The Morgan fingerprint density at radius 2 is 1.97 bits per heavy atom. The summed E-state index contributed by atoms with van der Waals surface area (Å²) in [4.78, 5) is 41.0. The number of aliphatic carboxylic acids is 1. The second kappa shape index (κ2) is 9.47. The Labute approximate surface area is 168 Å². The fourth-order valence-electron chi connectivity index (χ4n) is 3.74. The number of nitrogens with zero attached hydrogens (tertiary/aromatic N) is 1. The van der Waals surface area contributed by atoms with Crippen LogP contribution in [0.1, 0.15) is 42.6 Å². The zero-order valence-electron chi connectivity index (χ0n) is 16.1. The lowest BCUT2D eigenvalue weighted by Crippen LogP contribution is -2.51. The van der Waals surface area contributed by atoms with Crippen LogP contribution in [-0.4, -0.2) is 46.5 Å². The highest BCUT2D eigenvalue weighted by Gasteiger charge is 2.35. The van der Waals surface area contributed by atoms with Gasteiger partial charge in [-0.3, -0.25) is 19.4 Å². The number of rotatable bonds is 8. The number of pyridine rings is 1. The molecular formula is C21H26N4O4. The quantitative estimate of drug-likeness (QED) is 0.531. The van der Waals surface area contributed by atoms with Crippen LogP contribution < -0.4 is 16.4 Å². The van der Waals surface area contributed by atoms with Crippen molar-refractivity contribution in [1.82, 2.24) is 15.6 Å². The van der Waals surface area contributed by atoms with E-state index in [-0.39, 0.29) is 11.6 Å². The van der Waals surface area contributed by atoms with Crippen molar-refractivity contribution < 1.29 is 19.5 Å². The number of nitrogens with two attached hydrogens (primary N) is 1. The van der Waals surface area contributed by atoms with Crippen molar-refractivity contribution in [2.24, 2.45) is 11.7 Å². The van der Waals surface area contributed by atoms with E-state index in [4.69, 9.17) is 5.73 Å². The van der Waals surface area contributed by atoms with Crippen LogP contribution in [0.3, 0.4) is 0 Å². The van der Waals surface area contributed by atoms with E-state index in [0.29, 0.717) is 32.2 Å². The van der Waals surface area contributed by atoms with Gasteiger partial charge in [-0.2, -0.15) is 0 Å². The Kier molecular flexibility index (Phi) is 6.77. The van der Waals surface area contributed by atoms with Gasteiger partial charge in [0.25, 0.3) is 5.91 Å². The Balaban J connectivity index is 1.70. The molecule has 0 aliphatic heterocycles. The molecule has 0 saturated heterocycles. The fraction of sp³-hybridized carbons (Fsp3) is 0.429. The number of carbonyl (C=O) groups is 3. The average Bonchev–Trinajstić information content (AvgIpc) is 3.18. The van der Waals surface area contributed by atoms with Gasteiger partial charge in [-0.05, 0) is 43.7 Å². The first kappa shape index (κ1) is 20.7. The molecular weight excluding hydrogens is 372 g/mol. The lowest BCUT2D eigenvalue weighted by atomic mass is 10.0. The summed E-state index contributed by atoms with van der Waals surface area (Å²) in [5, 5.41) is 16.7. The number of carboxylic acids is 1. The molecule has 3 atom stereocenters. The minimum Gasteiger partial charge on any atom is -0.481 e. The van der Waals surface area contributed by atoms with Crippen molar-refractivity contribution in [3.05, 3.63) is 42.2 Å². The zero-order valence-corrected chi connectivity index (χ0v) is 16.1. The van der Waals surface area contributed by atoms with E-state index in [1.807, 2.05) is 24.3 Å². The lowest BCUT2D eigenvalue weighted by molar-refractivity contribution is -0.142. The minimum absolute atomic E-state index is 0.221. The molecule has 1 heterocycles. The number of fused-ring (bicyclic) bond motifs is 1. The van der Waals surface area contributed by atoms with Crippen LogP contribution in [0.4, 0.5) is 0 Å². The van der Waals surface area contributed by atoms with E-state index in [2.05, 4.69) is 15.6 Å². The largest absolute Gasteiger partial charge is 0.481 e. The van der Waals surface area contributed by atoms with E-state index in [9.17, 15) is 19.5 Å². The molecule has 8 nitrogen and oxygen atoms in total.